The average Bonchev–Trinajstić information content (AvgIpc) is 3.23. The molecule has 1 aliphatic rings. The van der Waals surface area contributed by atoms with Crippen LogP contribution in [0.15, 0.2) is 17.1 Å². The standard InChI is InChI=1S/C25H48N4O2/c1-2-3-4-5-6-7-8-9-10-11-12-13-14-15-16-17-24-27-21-23-29(24)22-20-26-19-18-25(30)28-31/h9-10,26,31H,2-8,11-23H2,1H3,(H,28,30). The van der Waals surface area contributed by atoms with E-state index in [1.165, 1.54) is 89.3 Å². The molecule has 0 spiro atoms. The number of carbonyl (C=O) groups excluding carboxylic acids is 1. The van der Waals surface area contributed by atoms with Gasteiger partial charge in [-0.15, -0.1) is 0 Å². The minimum Gasteiger partial charge on any atom is -0.357 e. The fourth-order valence-electron chi connectivity index (χ4n) is 3.96. The molecule has 0 aromatic carbocycles. The zero-order chi connectivity index (χ0) is 22.4. The summed E-state index contributed by atoms with van der Waals surface area (Å²) in [6.45, 7) is 6.55. The number of amidine groups is 1. The first kappa shape index (κ1) is 27.6. The Balaban J connectivity index is 1.90. The third kappa shape index (κ3) is 16.0. The topological polar surface area (TPSA) is 77.0 Å². The number of hydroxylamine groups is 1. The molecule has 1 aliphatic heterocycles. The van der Waals surface area contributed by atoms with Crippen molar-refractivity contribution in [2.45, 2.75) is 103 Å². The molecule has 0 aliphatic carbocycles. The van der Waals surface area contributed by atoms with Crippen molar-refractivity contribution in [3.63, 3.8) is 0 Å². The Morgan fingerprint density at radius 3 is 2.29 bits per heavy atom. The lowest BCUT2D eigenvalue weighted by atomic mass is 10.1. The predicted octanol–water partition coefficient (Wildman–Crippen LogP) is 5.22. The smallest absolute Gasteiger partial charge is 0.244 e. The number of rotatable bonds is 21. The number of unbranched alkanes of at least 4 members (excludes halogenated alkanes) is 11. The number of hydrogen-bond donors (Lipinski definition) is 3. The van der Waals surface area contributed by atoms with Crippen LogP contribution in [0.3, 0.4) is 0 Å². The van der Waals surface area contributed by atoms with Gasteiger partial charge in [0.15, 0.2) is 0 Å². The quantitative estimate of drug-likeness (QED) is 0.0997. The Labute approximate surface area is 190 Å². The summed E-state index contributed by atoms with van der Waals surface area (Å²) in [6, 6.07) is 0. The highest BCUT2D eigenvalue weighted by Gasteiger charge is 2.15. The monoisotopic (exact) mass is 436 g/mol. The molecule has 6 heteroatoms. The highest BCUT2D eigenvalue weighted by molar-refractivity contribution is 5.83. The van der Waals surface area contributed by atoms with Crippen LogP contribution in [0.2, 0.25) is 0 Å². The van der Waals surface area contributed by atoms with Crippen LogP contribution in [0, 0.1) is 0 Å². The molecule has 0 unspecified atom stereocenters. The molecule has 0 fully saturated rings. The van der Waals surface area contributed by atoms with Crippen molar-refractivity contribution in [3.05, 3.63) is 12.2 Å². The molecule has 1 rings (SSSR count). The summed E-state index contributed by atoms with van der Waals surface area (Å²) in [4.78, 5) is 18.0. The first-order chi connectivity index (χ1) is 15.3. The molecule has 0 saturated carbocycles. The predicted molar refractivity (Wildman–Crippen MR) is 131 cm³/mol. The summed E-state index contributed by atoms with van der Waals surface area (Å²) in [7, 11) is 0. The van der Waals surface area contributed by atoms with E-state index >= 15 is 0 Å². The minimum atomic E-state index is -0.347. The molecular formula is C25H48N4O2. The Kier molecular flexibility index (Phi) is 18.3. The van der Waals surface area contributed by atoms with Gasteiger partial charge in [-0.3, -0.25) is 15.0 Å². The Morgan fingerprint density at radius 1 is 0.968 bits per heavy atom. The maximum absolute atomic E-state index is 11.0. The third-order valence-corrected chi connectivity index (χ3v) is 5.90. The van der Waals surface area contributed by atoms with Crippen LogP contribution >= 0.6 is 0 Å². The van der Waals surface area contributed by atoms with Crippen LogP contribution in [0.4, 0.5) is 0 Å². The normalized spacial score (nSPS) is 13.9. The zero-order valence-corrected chi connectivity index (χ0v) is 20.0. The second-order valence-electron chi connectivity index (χ2n) is 8.65. The van der Waals surface area contributed by atoms with E-state index in [9.17, 15) is 4.79 Å². The summed E-state index contributed by atoms with van der Waals surface area (Å²) in [5.74, 6) is 0.910. The molecular weight excluding hydrogens is 388 g/mol. The highest BCUT2D eigenvalue weighted by atomic mass is 16.5. The number of aliphatic imine (C=N–C) groups is 1. The van der Waals surface area contributed by atoms with Gasteiger partial charge in [-0.2, -0.15) is 0 Å². The highest BCUT2D eigenvalue weighted by Crippen LogP contribution is 2.12. The first-order valence-electron chi connectivity index (χ1n) is 12.8. The van der Waals surface area contributed by atoms with Gasteiger partial charge in [0, 0.05) is 39.0 Å². The Morgan fingerprint density at radius 2 is 1.61 bits per heavy atom. The molecule has 0 aromatic rings. The van der Waals surface area contributed by atoms with Crippen molar-refractivity contribution < 1.29 is 10.0 Å². The van der Waals surface area contributed by atoms with Gasteiger partial charge in [0.1, 0.15) is 0 Å². The lowest BCUT2D eigenvalue weighted by molar-refractivity contribution is -0.129. The fourth-order valence-corrected chi connectivity index (χ4v) is 3.96. The van der Waals surface area contributed by atoms with Crippen LogP contribution in [-0.4, -0.2) is 54.6 Å². The molecule has 0 bridgehead atoms. The summed E-state index contributed by atoms with van der Waals surface area (Å²) < 4.78 is 0. The minimum absolute atomic E-state index is 0.298. The zero-order valence-electron chi connectivity index (χ0n) is 20.0. The van der Waals surface area contributed by atoms with E-state index in [1.807, 2.05) is 0 Å². The second kappa shape index (κ2) is 20.5. The van der Waals surface area contributed by atoms with E-state index < -0.39 is 0 Å². The molecule has 31 heavy (non-hydrogen) atoms. The van der Waals surface area contributed by atoms with Crippen LogP contribution in [0.5, 0.6) is 0 Å². The van der Waals surface area contributed by atoms with Gasteiger partial charge in [0.05, 0.1) is 12.4 Å². The molecule has 0 radical (unpaired) electrons. The van der Waals surface area contributed by atoms with E-state index in [0.717, 1.165) is 32.6 Å². The lowest BCUT2D eigenvalue weighted by Crippen LogP contribution is -2.35. The largest absolute Gasteiger partial charge is 0.357 e. The number of nitrogens with zero attached hydrogens (tertiary/aromatic N) is 2. The van der Waals surface area contributed by atoms with Crippen molar-refractivity contribution in [1.29, 1.82) is 0 Å². The Bertz CT molecular complexity index is 494. The number of hydrogen-bond acceptors (Lipinski definition) is 5. The van der Waals surface area contributed by atoms with E-state index in [4.69, 9.17) is 5.21 Å². The molecule has 1 heterocycles. The molecule has 3 N–H and O–H groups in total. The fraction of sp³-hybridized carbons (Fsp3) is 0.840. The van der Waals surface area contributed by atoms with Crippen LogP contribution in [0.25, 0.3) is 0 Å². The molecule has 6 nitrogen and oxygen atoms in total. The Hall–Kier alpha value is -1.40. The number of allylic oxidation sites excluding steroid dienone is 2. The SMILES string of the molecule is CCCCCCCCC=CCCCCCCCC1=NCCN1CCNCCC(=O)NO. The van der Waals surface area contributed by atoms with E-state index in [1.54, 1.807) is 5.48 Å². The summed E-state index contributed by atoms with van der Waals surface area (Å²) in [6.07, 6.45) is 23.5. The average molecular weight is 437 g/mol. The van der Waals surface area contributed by atoms with E-state index in [-0.39, 0.29) is 5.91 Å². The lowest BCUT2D eigenvalue weighted by Gasteiger charge is -2.20. The van der Waals surface area contributed by atoms with E-state index in [2.05, 4.69) is 34.3 Å². The number of carbonyl (C=O) groups is 1. The van der Waals surface area contributed by atoms with Gasteiger partial charge < -0.3 is 10.2 Å². The molecule has 0 aromatic heterocycles. The van der Waals surface area contributed by atoms with Crippen molar-refractivity contribution in [1.82, 2.24) is 15.7 Å². The number of amides is 1. The van der Waals surface area contributed by atoms with Crippen molar-refractivity contribution in [2.24, 2.45) is 4.99 Å². The number of nitrogens with one attached hydrogen (secondary N) is 2. The maximum Gasteiger partial charge on any atom is 0.244 e. The first-order valence-corrected chi connectivity index (χ1v) is 12.8. The van der Waals surface area contributed by atoms with Gasteiger partial charge in [0.25, 0.3) is 0 Å². The van der Waals surface area contributed by atoms with Gasteiger partial charge in [-0.05, 0) is 32.1 Å². The molecule has 0 atom stereocenters. The summed E-state index contributed by atoms with van der Waals surface area (Å²) >= 11 is 0. The van der Waals surface area contributed by atoms with Gasteiger partial charge >= 0.3 is 0 Å². The van der Waals surface area contributed by atoms with Gasteiger partial charge in [-0.1, -0.05) is 70.4 Å². The third-order valence-electron chi connectivity index (χ3n) is 5.90. The van der Waals surface area contributed by atoms with E-state index in [0.29, 0.717) is 13.0 Å². The van der Waals surface area contributed by atoms with Gasteiger partial charge in [-0.25, -0.2) is 5.48 Å². The van der Waals surface area contributed by atoms with Crippen LogP contribution < -0.4 is 10.8 Å². The van der Waals surface area contributed by atoms with Crippen LogP contribution in [-0.2, 0) is 4.79 Å². The molecule has 180 valence electrons. The second-order valence-corrected chi connectivity index (χ2v) is 8.65. The van der Waals surface area contributed by atoms with Crippen molar-refractivity contribution in [2.75, 3.05) is 32.7 Å². The van der Waals surface area contributed by atoms with Crippen molar-refractivity contribution in [3.8, 4) is 0 Å². The molecule has 1 amide bonds. The summed E-state index contributed by atoms with van der Waals surface area (Å²) in [5, 5.41) is 11.7. The van der Waals surface area contributed by atoms with Gasteiger partial charge in [0.2, 0.25) is 5.91 Å². The summed E-state index contributed by atoms with van der Waals surface area (Å²) in [5.41, 5.74) is 1.65. The maximum atomic E-state index is 11.0. The van der Waals surface area contributed by atoms with Crippen LogP contribution in [0.1, 0.15) is 103 Å². The van der Waals surface area contributed by atoms with Crippen molar-refractivity contribution >= 4 is 11.7 Å². The molecule has 0 saturated heterocycles.